The van der Waals surface area contributed by atoms with E-state index in [9.17, 15) is 19.5 Å². The average Bonchev–Trinajstić information content (AvgIpc) is 3.28. The summed E-state index contributed by atoms with van der Waals surface area (Å²) in [5, 5.41) is 9.72. The highest BCUT2D eigenvalue weighted by Crippen LogP contribution is 2.65. The monoisotopic (exact) mass is 476 g/mol. The third-order valence-electron chi connectivity index (χ3n) is 7.92. The van der Waals surface area contributed by atoms with E-state index in [2.05, 4.69) is 13.2 Å². The van der Waals surface area contributed by atoms with Crippen molar-refractivity contribution in [2.45, 2.75) is 76.7 Å². The zero-order valence-corrected chi connectivity index (χ0v) is 21.0. The summed E-state index contributed by atoms with van der Waals surface area (Å²) >= 11 is 0. The van der Waals surface area contributed by atoms with Gasteiger partial charge in [-0.1, -0.05) is 19.1 Å². The molecule has 0 aliphatic carbocycles. The molecule has 190 valence electrons. The Balaban J connectivity index is 1.97. The summed E-state index contributed by atoms with van der Waals surface area (Å²) in [5.74, 6) is -2.67. The van der Waals surface area contributed by atoms with Crippen LogP contribution < -0.4 is 0 Å². The number of rotatable bonds is 12. The minimum Gasteiger partial charge on any atom is -0.465 e. The van der Waals surface area contributed by atoms with Crippen molar-refractivity contribution in [2.24, 2.45) is 17.8 Å². The second-order valence-corrected chi connectivity index (χ2v) is 10.3. The molecule has 2 bridgehead atoms. The van der Waals surface area contributed by atoms with Crippen LogP contribution in [-0.2, 0) is 23.9 Å². The summed E-state index contributed by atoms with van der Waals surface area (Å²) in [5.41, 5.74) is -2.03. The summed E-state index contributed by atoms with van der Waals surface area (Å²) in [4.78, 5) is 44.1. The quantitative estimate of drug-likeness (QED) is 0.264. The number of unbranched alkanes of at least 4 members (excludes halogenated alkanes) is 2. The van der Waals surface area contributed by atoms with Gasteiger partial charge in [0.05, 0.1) is 24.7 Å². The molecular weight excluding hydrogens is 436 g/mol. The van der Waals surface area contributed by atoms with Crippen LogP contribution in [0.3, 0.4) is 0 Å². The largest absolute Gasteiger partial charge is 0.465 e. The fourth-order valence-corrected chi connectivity index (χ4v) is 6.23. The minimum absolute atomic E-state index is 0.00525. The molecule has 3 aliphatic heterocycles. The smallest absolute Gasteiger partial charge is 0.312 e. The van der Waals surface area contributed by atoms with Crippen LogP contribution in [0.4, 0.5) is 0 Å². The van der Waals surface area contributed by atoms with Crippen molar-refractivity contribution in [3.8, 4) is 0 Å². The van der Waals surface area contributed by atoms with E-state index in [-0.39, 0.29) is 43.5 Å². The number of likely N-dealkylation sites (tertiary alicyclic amines) is 1. The van der Waals surface area contributed by atoms with Gasteiger partial charge < -0.3 is 24.4 Å². The number of ether oxygens (including phenoxy) is 2. The lowest BCUT2D eigenvalue weighted by atomic mass is 9.62. The predicted octanol–water partition coefficient (Wildman–Crippen LogP) is 2.31. The second-order valence-electron chi connectivity index (χ2n) is 10.3. The molecule has 1 N–H and O–H groups in total. The molecule has 0 aromatic carbocycles. The van der Waals surface area contributed by atoms with Crippen LogP contribution in [0.5, 0.6) is 0 Å². The summed E-state index contributed by atoms with van der Waals surface area (Å²) in [6.07, 6.45) is 6.40. The van der Waals surface area contributed by atoms with Crippen molar-refractivity contribution in [1.29, 1.82) is 0 Å². The van der Waals surface area contributed by atoms with Gasteiger partial charge >= 0.3 is 5.97 Å². The standard InChI is InChI=1S/C26H40N2O6/c1-7-9-10-11-15-33-24(32)20-19-22(30)28(13-14-29)21(23(31)27(12-8-2)17(3)4)26(19)16-18(5)25(20,6)34-26/h7-8,17-21,29H,1-2,9-16H2,3-6H3/t18?,19-,20-,21?,25+,26?/m0/s1. The Bertz CT molecular complexity index is 828. The van der Waals surface area contributed by atoms with Gasteiger partial charge in [-0.05, 0) is 52.4 Å². The highest BCUT2D eigenvalue weighted by Gasteiger charge is 2.80. The van der Waals surface area contributed by atoms with Crippen molar-refractivity contribution in [3.63, 3.8) is 0 Å². The van der Waals surface area contributed by atoms with E-state index >= 15 is 0 Å². The Hall–Kier alpha value is -2.19. The molecule has 8 heteroatoms. The average molecular weight is 477 g/mol. The molecule has 0 saturated carbocycles. The molecule has 1 spiro atoms. The van der Waals surface area contributed by atoms with Gasteiger partial charge in [-0.15, -0.1) is 13.2 Å². The van der Waals surface area contributed by atoms with Gasteiger partial charge in [0.1, 0.15) is 17.6 Å². The maximum Gasteiger partial charge on any atom is 0.312 e. The van der Waals surface area contributed by atoms with Crippen LogP contribution in [0.25, 0.3) is 0 Å². The van der Waals surface area contributed by atoms with Gasteiger partial charge in [-0.2, -0.15) is 0 Å². The number of carbonyl (C=O) groups is 3. The number of allylic oxidation sites excluding steroid dienone is 1. The van der Waals surface area contributed by atoms with Crippen LogP contribution in [0.15, 0.2) is 25.3 Å². The third kappa shape index (κ3) is 4.09. The first-order chi connectivity index (χ1) is 16.1. The Morgan fingerprint density at radius 2 is 2.03 bits per heavy atom. The van der Waals surface area contributed by atoms with Crippen LogP contribution >= 0.6 is 0 Å². The number of aliphatic hydroxyl groups excluding tert-OH is 1. The molecule has 0 aromatic heterocycles. The number of nitrogens with zero attached hydrogens (tertiary/aromatic N) is 2. The Labute approximate surface area is 202 Å². The molecule has 2 amide bonds. The lowest BCUT2D eigenvalue weighted by Gasteiger charge is -2.38. The summed E-state index contributed by atoms with van der Waals surface area (Å²) in [6.45, 7) is 15.5. The molecular formula is C26H40N2O6. The number of hydrogen-bond donors (Lipinski definition) is 1. The summed E-state index contributed by atoms with van der Waals surface area (Å²) in [7, 11) is 0. The summed E-state index contributed by atoms with van der Waals surface area (Å²) in [6, 6.07) is -1.02. The van der Waals surface area contributed by atoms with Gasteiger partial charge in [0.25, 0.3) is 0 Å². The molecule has 0 aromatic rings. The fourth-order valence-electron chi connectivity index (χ4n) is 6.23. The zero-order chi connectivity index (χ0) is 25.3. The molecule has 3 aliphatic rings. The molecule has 8 nitrogen and oxygen atoms in total. The second kappa shape index (κ2) is 10.2. The highest BCUT2D eigenvalue weighted by atomic mass is 16.6. The molecule has 3 saturated heterocycles. The molecule has 34 heavy (non-hydrogen) atoms. The number of hydrogen-bond acceptors (Lipinski definition) is 6. The topological polar surface area (TPSA) is 96.4 Å². The van der Waals surface area contributed by atoms with E-state index in [4.69, 9.17) is 9.47 Å². The normalized spacial score (nSPS) is 33.8. The van der Waals surface area contributed by atoms with Crippen molar-refractivity contribution < 1.29 is 29.0 Å². The van der Waals surface area contributed by atoms with Crippen molar-refractivity contribution in [1.82, 2.24) is 9.80 Å². The van der Waals surface area contributed by atoms with Gasteiger partial charge in [-0.3, -0.25) is 14.4 Å². The predicted molar refractivity (Wildman–Crippen MR) is 128 cm³/mol. The van der Waals surface area contributed by atoms with Crippen LogP contribution in [0, 0.1) is 17.8 Å². The molecule has 3 fully saturated rings. The van der Waals surface area contributed by atoms with Crippen molar-refractivity contribution in [2.75, 3.05) is 26.3 Å². The van der Waals surface area contributed by atoms with E-state index in [1.54, 1.807) is 11.0 Å². The lowest BCUT2D eigenvalue weighted by Crippen LogP contribution is -2.58. The van der Waals surface area contributed by atoms with Crippen LogP contribution in [0.1, 0.15) is 53.4 Å². The Morgan fingerprint density at radius 1 is 1.32 bits per heavy atom. The van der Waals surface area contributed by atoms with Crippen LogP contribution in [0.2, 0.25) is 0 Å². The van der Waals surface area contributed by atoms with Gasteiger partial charge in [0, 0.05) is 19.1 Å². The lowest BCUT2D eigenvalue weighted by molar-refractivity contribution is -0.162. The number of fused-ring (bicyclic) bond motifs is 1. The van der Waals surface area contributed by atoms with E-state index in [1.165, 1.54) is 4.90 Å². The Kier molecular flexibility index (Phi) is 7.92. The first-order valence-electron chi connectivity index (χ1n) is 12.4. The molecule has 3 heterocycles. The van der Waals surface area contributed by atoms with E-state index < -0.39 is 35.0 Å². The van der Waals surface area contributed by atoms with Crippen molar-refractivity contribution in [3.05, 3.63) is 25.3 Å². The van der Waals surface area contributed by atoms with Crippen LogP contribution in [-0.4, -0.2) is 82.3 Å². The summed E-state index contributed by atoms with van der Waals surface area (Å²) < 4.78 is 12.2. The number of amides is 2. The van der Waals surface area contributed by atoms with E-state index in [1.807, 2.05) is 33.8 Å². The number of β-amino-alcohol motifs (C(OH)–C–C–N with tert-alkyl or cyclic N) is 1. The van der Waals surface area contributed by atoms with Gasteiger partial charge in [0.2, 0.25) is 11.8 Å². The Morgan fingerprint density at radius 3 is 2.62 bits per heavy atom. The first kappa shape index (κ1) is 26.4. The maximum absolute atomic E-state index is 13.9. The fraction of sp³-hybridized carbons (Fsp3) is 0.731. The van der Waals surface area contributed by atoms with E-state index in [0.717, 1.165) is 12.8 Å². The van der Waals surface area contributed by atoms with Crippen molar-refractivity contribution >= 4 is 17.8 Å². The zero-order valence-electron chi connectivity index (χ0n) is 21.0. The number of esters is 1. The van der Waals surface area contributed by atoms with Gasteiger partial charge in [-0.25, -0.2) is 0 Å². The molecule has 0 radical (unpaired) electrons. The molecule has 3 unspecified atom stereocenters. The third-order valence-corrected chi connectivity index (χ3v) is 7.92. The number of aliphatic hydroxyl groups is 1. The first-order valence-corrected chi connectivity index (χ1v) is 12.4. The SMILES string of the molecule is C=CCCCCOC(=O)[C@@H]1[C@H]2C(=O)N(CCO)C(C(=O)N(CC=C)C(C)C)C23CC(C)[C@@]1(C)O3. The highest BCUT2D eigenvalue weighted by molar-refractivity contribution is 5.98. The molecule has 3 rings (SSSR count). The minimum atomic E-state index is -1.13. The van der Waals surface area contributed by atoms with Gasteiger partial charge in [0.15, 0.2) is 0 Å². The molecule has 6 atom stereocenters. The number of carbonyl (C=O) groups excluding carboxylic acids is 3. The van der Waals surface area contributed by atoms with E-state index in [0.29, 0.717) is 19.4 Å². The maximum atomic E-state index is 13.9.